The van der Waals surface area contributed by atoms with Crippen molar-refractivity contribution in [2.75, 3.05) is 31.2 Å². The van der Waals surface area contributed by atoms with Crippen molar-refractivity contribution in [1.82, 2.24) is 0 Å². The number of ether oxygens (including phenoxy) is 2. The Kier molecular flexibility index (Phi) is 5.90. The van der Waals surface area contributed by atoms with E-state index in [1.807, 2.05) is 36.1 Å². The summed E-state index contributed by atoms with van der Waals surface area (Å²) in [5, 5.41) is 11.4. The molecule has 1 aliphatic rings. The molecule has 0 unspecified atom stereocenters. The van der Waals surface area contributed by atoms with Gasteiger partial charge in [-0.25, -0.2) is 4.79 Å². The molecule has 2 aromatic rings. The standard InChI is InChI=1S/C20H22N2O5/c1-15-4-7-17(8-5-15)26-12-13-27-20(23)16-6-9-18(19(14-16)22(24)25)21-10-2-3-11-21/h4-9,14H,2-3,10-13H2,1H3. The van der Waals surface area contributed by atoms with Gasteiger partial charge in [0.25, 0.3) is 5.69 Å². The first-order valence-corrected chi connectivity index (χ1v) is 8.94. The molecule has 0 aromatic heterocycles. The fourth-order valence-electron chi connectivity index (χ4n) is 3.03. The molecule has 0 bridgehead atoms. The van der Waals surface area contributed by atoms with Gasteiger partial charge in [-0.05, 0) is 44.0 Å². The molecule has 0 saturated carbocycles. The fraction of sp³-hybridized carbons (Fsp3) is 0.350. The summed E-state index contributed by atoms with van der Waals surface area (Å²) in [6, 6.07) is 12.0. The maximum atomic E-state index is 12.2. The number of rotatable bonds is 7. The van der Waals surface area contributed by atoms with Crippen molar-refractivity contribution in [2.45, 2.75) is 19.8 Å². The summed E-state index contributed by atoms with van der Waals surface area (Å²) in [7, 11) is 0. The van der Waals surface area contributed by atoms with Crippen molar-refractivity contribution in [2.24, 2.45) is 0 Å². The smallest absolute Gasteiger partial charge is 0.338 e. The van der Waals surface area contributed by atoms with Gasteiger partial charge in [0.1, 0.15) is 24.7 Å². The summed E-state index contributed by atoms with van der Waals surface area (Å²) < 4.78 is 10.7. The maximum absolute atomic E-state index is 12.2. The molecule has 0 aliphatic carbocycles. The summed E-state index contributed by atoms with van der Waals surface area (Å²) in [6.07, 6.45) is 2.03. The van der Waals surface area contributed by atoms with Gasteiger partial charge in [-0.1, -0.05) is 17.7 Å². The second-order valence-corrected chi connectivity index (χ2v) is 6.45. The average Bonchev–Trinajstić information content (AvgIpc) is 3.20. The lowest BCUT2D eigenvalue weighted by molar-refractivity contribution is -0.384. The summed E-state index contributed by atoms with van der Waals surface area (Å²) in [4.78, 5) is 25.1. The molecule has 3 rings (SSSR count). The molecule has 1 aliphatic heterocycles. The molecule has 0 atom stereocenters. The minimum atomic E-state index is -0.599. The first kappa shape index (κ1) is 18.7. The van der Waals surface area contributed by atoms with Gasteiger partial charge >= 0.3 is 5.97 Å². The normalized spacial score (nSPS) is 13.4. The number of hydrogen-bond donors (Lipinski definition) is 0. The lowest BCUT2D eigenvalue weighted by Crippen LogP contribution is -2.19. The summed E-state index contributed by atoms with van der Waals surface area (Å²) >= 11 is 0. The van der Waals surface area contributed by atoms with Crippen LogP contribution in [0.3, 0.4) is 0 Å². The van der Waals surface area contributed by atoms with Crippen molar-refractivity contribution in [1.29, 1.82) is 0 Å². The zero-order chi connectivity index (χ0) is 19.2. The van der Waals surface area contributed by atoms with Crippen LogP contribution in [0.25, 0.3) is 0 Å². The Morgan fingerprint density at radius 2 is 1.81 bits per heavy atom. The van der Waals surface area contributed by atoms with Gasteiger partial charge in [-0.2, -0.15) is 0 Å². The van der Waals surface area contributed by atoms with Crippen LogP contribution in [0.15, 0.2) is 42.5 Å². The van der Waals surface area contributed by atoms with Crippen molar-refractivity contribution in [3.8, 4) is 5.75 Å². The van der Waals surface area contributed by atoms with E-state index in [9.17, 15) is 14.9 Å². The van der Waals surface area contributed by atoms with Crippen molar-refractivity contribution in [3.63, 3.8) is 0 Å². The number of nitro groups is 1. The lowest BCUT2D eigenvalue weighted by atomic mass is 10.1. The molecular weight excluding hydrogens is 348 g/mol. The van der Waals surface area contributed by atoms with E-state index in [4.69, 9.17) is 9.47 Å². The molecule has 7 heteroatoms. The largest absolute Gasteiger partial charge is 0.490 e. The van der Waals surface area contributed by atoms with Gasteiger partial charge in [0.15, 0.2) is 0 Å². The average molecular weight is 370 g/mol. The highest BCUT2D eigenvalue weighted by Gasteiger charge is 2.24. The Morgan fingerprint density at radius 1 is 1.11 bits per heavy atom. The van der Waals surface area contributed by atoms with Gasteiger partial charge in [-0.15, -0.1) is 0 Å². The molecule has 0 amide bonds. The predicted molar refractivity (Wildman–Crippen MR) is 101 cm³/mol. The topological polar surface area (TPSA) is 81.9 Å². The Bertz CT molecular complexity index is 814. The first-order chi connectivity index (χ1) is 13.0. The van der Waals surface area contributed by atoms with E-state index in [-0.39, 0.29) is 24.5 Å². The summed E-state index contributed by atoms with van der Waals surface area (Å²) in [5.41, 5.74) is 1.78. The number of carbonyl (C=O) groups is 1. The van der Waals surface area contributed by atoms with E-state index in [1.54, 1.807) is 12.1 Å². The van der Waals surface area contributed by atoms with E-state index in [1.165, 1.54) is 6.07 Å². The van der Waals surface area contributed by atoms with E-state index < -0.39 is 10.9 Å². The number of nitro benzene ring substituents is 1. The quantitative estimate of drug-likeness (QED) is 0.320. The molecule has 1 saturated heterocycles. The Hall–Kier alpha value is -3.09. The highest BCUT2D eigenvalue weighted by Crippen LogP contribution is 2.31. The van der Waals surface area contributed by atoms with Crippen molar-refractivity contribution < 1.29 is 19.2 Å². The first-order valence-electron chi connectivity index (χ1n) is 8.94. The van der Waals surface area contributed by atoms with Crippen LogP contribution in [0, 0.1) is 17.0 Å². The van der Waals surface area contributed by atoms with E-state index in [0.29, 0.717) is 11.4 Å². The number of nitrogens with zero attached hydrogens (tertiary/aromatic N) is 2. The number of esters is 1. The van der Waals surface area contributed by atoms with Crippen LogP contribution in [-0.4, -0.2) is 37.2 Å². The third-order valence-corrected chi connectivity index (χ3v) is 4.46. The Morgan fingerprint density at radius 3 is 2.48 bits per heavy atom. The van der Waals surface area contributed by atoms with Crippen LogP contribution in [-0.2, 0) is 4.74 Å². The van der Waals surface area contributed by atoms with Gasteiger partial charge in [0.2, 0.25) is 0 Å². The minimum absolute atomic E-state index is 0.0639. The molecule has 2 aromatic carbocycles. The Balaban J connectivity index is 1.58. The van der Waals surface area contributed by atoms with Crippen LogP contribution in [0.1, 0.15) is 28.8 Å². The van der Waals surface area contributed by atoms with Crippen LogP contribution >= 0.6 is 0 Å². The number of aryl methyl sites for hydroxylation is 1. The highest BCUT2D eigenvalue weighted by atomic mass is 16.6. The second kappa shape index (κ2) is 8.53. The molecule has 1 fully saturated rings. The zero-order valence-corrected chi connectivity index (χ0v) is 15.2. The van der Waals surface area contributed by atoms with Gasteiger partial charge in [0, 0.05) is 19.2 Å². The molecule has 7 nitrogen and oxygen atoms in total. The van der Waals surface area contributed by atoms with Crippen LogP contribution in [0.4, 0.5) is 11.4 Å². The third-order valence-electron chi connectivity index (χ3n) is 4.46. The van der Waals surface area contributed by atoms with Crippen LogP contribution in [0.5, 0.6) is 5.75 Å². The monoisotopic (exact) mass is 370 g/mol. The van der Waals surface area contributed by atoms with E-state index >= 15 is 0 Å². The molecule has 142 valence electrons. The van der Waals surface area contributed by atoms with Crippen molar-refractivity contribution in [3.05, 3.63) is 63.7 Å². The van der Waals surface area contributed by atoms with E-state index in [0.717, 1.165) is 31.5 Å². The predicted octanol–water partition coefficient (Wildman–Crippen LogP) is 3.74. The zero-order valence-electron chi connectivity index (χ0n) is 15.2. The SMILES string of the molecule is Cc1ccc(OCCOC(=O)c2ccc(N3CCCC3)c([N+](=O)[O-])c2)cc1. The number of hydrogen-bond acceptors (Lipinski definition) is 6. The fourth-order valence-corrected chi connectivity index (χ4v) is 3.03. The van der Waals surface area contributed by atoms with Gasteiger partial charge < -0.3 is 14.4 Å². The molecular formula is C20H22N2O5. The van der Waals surface area contributed by atoms with Crippen LogP contribution < -0.4 is 9.64 Å². The van der Waals surface area contributed by atoms with Gasteiger partial charge in [0.05, 0.1) is 10.5 Å². The number of anilines is 1. The summed E-state index contributed by atoms with van der Waals surface area (Å²) in [5.74, 6) is 0.0980. The minimum Gasteiger partial charge on any atom is -0.490 e. The molecule has 0 spiro atoms. The second-order valence-electron chi connectivity index (χ2n) is 6.45. The maximum Gasteiger partial charge on any atom is 0.338 e. The van der Waals surface area contributed by atoms with Crippen molar-refractivity contribution >= 4 is 17.3 Å². The molecule has 1 heterocycles. The van der Waals surface area contributed by atoms with Gasteiger partial charge in [-0.3, -0.25) is 10.1 Å². The molecule has 0 N–H and O–H groups in total. The third kappa shape index (κ3) is 4.75. The molecule has 0 radical (unpaired) electrons. The van der Waals surface area contributed by atoms with E-state index in [2.05, 4.69) is 0 Å². The summed E-state index contributed by atoms with van der Waals surface area (Å²) in [6.45, 7) is 3.85. The lowest BCUT2D eigenvalue weighted by Gasteiger charge is -2.17. The number of carbonyl (C=O) groups excluding carboxylic acids is 1. The Labute approximate surface area is 157 Å². The molecule has 27 heavy (non-hydrogen) atoms. The number of benzene rings is 2. The van der Waals surface area contributed by atoms with Crippen LogP contribution in [0.2, 0.25) is 0 Å². The highest BCUT2D eigenvalue weighted by molar-refractivity contribution is 5.91.